The van der Waals surface area contributed by atoms with Crippen molar-refractivity contribution in [1.29, 1.82) is 0 Å². The normalized spacial score (nSPS) is 15.2. The molecule has 1 aromatic heterocycles. The predicted molar refractivity (Wildman–Crippen MR) is 42.5 cm³/mol. The van der Waals surface area contributed by atoms with Crippen molar-refractivity contribution in [1.82, 2.24) is 10.2 Å². The Morgan fingerprint density at radius 1 is 1.67 bits per heavy atom. The number of hydrogen-bond acceptors (Lipinski definition) is 2. The van der Waals surface area contributed by atoms with Crippen LogP contribution in [0.3, 0.4) is 0 Å². The lowest BCUT2D eigenvalue weighted by Crippen LogP contribution is -2.05. The number of rotatable bonds is 1. The molecule has 0 spiro atoms. The van der Waals surface area contributed by atoms with Gasteiger partial charge in [0.05, 0.1) is 11.8 Å². The summed E-state index contributed by atoms with van der Waals surface area (Å²) in [5, 5.41) is 15.4. The zero-order valence-electron chi connectivity index (χ0n) is 6.37. The summed E-state index contributed by atoms with van der Waals surface area (Å²) in [4.78, 5) is 10.7. The first-order valence-corrected chi connectivity index (χ1v) is 3.75. The van der Waals surface area contributed by atoms with E-state index in [1.165, 1.54) is 0 Å². The molecule has 0 aromatic carbocycles. The summed E-state index contributed by atoms with van der Waals surface area (Å²) in [6, 6.07) is 0. The summed E-state index contributed by atoms with van der Waals surface area (Å²) >= 11 is 0. The van der Waals surface area contributed by atoms with Gasteiger partial charge >= 0.3 is 5.97 Å². The quantitative estimate of drug-likeness (QED) is 0.645. The van der Waals surface area contributed by atoms with Crippen LogP contribution in [-0.4, -0.2) is 21.3 Å². The summed E-state index contributed by atoms with van der Waals surface area (Å²) < 4.78 is 0. The molecule has 0 radical (unpaired) electrons. The van der Waals surface area contributed by atoms with Crippen LogP contribution in [0.25, 0.3) is 5.57 Å². The number of aryl methyl sites for hydroxylation is 1. The molecular formula is C8H8N2O2. The van der Waals surface area contributed by atoms with Crippen LogP contribution in [0.15, 0.2) is 12.3 Å². The van der Waals surface area contributed by atoms with Gasteiger partial charge in [0.1, 0.15) is 0 Å². The molecule has 1 aliphatic rings. The molecule has 0 saturated heterocycles. The van der Waals surface area contributed by atoms with Gasteiger partial charge in [-0.05, 0) is 12.8 Å². The number of aromatic amines is 1. The number of allylic oxidation sites excluding steroid dienone is 1. The standard InChI is InChI=1S/C8H8N2O2/c11-8(12)5-2-1-3-7-6(5)4-9-10-7/h2,4H,1,3H2,(H,9,10)(H,11,12). The van der Waals surface area contributed by atoms with Gasteiger partial charge in [0, 0.05) is 11.3 Å². The summed E-state index contributed by atoms with van der Waals surface area (Å²) in [7, 11) is 0. The minimum Gasteiger partial charge on any atom is -0.478 e. The Kier molecular flexibility index (Phi) is 1.46. The predicted octanol–water partition coefficient (Wildman–Crippen LogP) is 0.824. The van der Waals surface area contributed by atoms with Gasteiger partial charge in [-0.2, -0.15) is 5.10 Å². The van der Waals surface area contributed by atoms with E-state index in [9.17, 15) is 4.79 Å². The second kappa shape index (κ2) is 2.48. The Hall–Kier alpha value is -1.58. The fourth-order valence-electron chi connectivity index (χ4n) is 1.41. The molecule has 0 unspecified atom stereocenters. The highest BCUT2D eigenvalue weighted by Gasteiger charge is 2.18. The van der Waals surface area contributed by atoms with E-state index in [4.69, 9.17) is 5.11 Å². The number of hydrogen-bond donors (Lipinski definition) is 2. The highest BCUT2D eigenvalue weighted by Crippen LogP contribution is 2.24. The smallest absolute Gasteiger partial charge is 0.336 e. The third kappa shape index (κ3) is 0.922. The van der Waals surface area contributed by atoms with Crippen molar-refractivity contribution in [2.75, 3.05) is 0 Å². The Labute approximate surface area is 68.9 Å². The first-order valence-electron chi connectivity index (χ1n) is 3.75. The number of aromatic nitrogens is 2. The molecule has 0 atom stereocenters. The average molecular weight is 164 g/mol. The zero-order valence-corrected chi connectivity index (χ0v) is 6.37. The first-order chi connectivity index (χ1) is 5.79. The van der Waals surface area contributed by atoms with Crippen molar-refractivity contribution in [2.45, 2.75) is 12.8 Å². The highest BCUT2D eigenvalue weighted by molar-refractivity contribution is 6.15. The van der Waals surface area contributed by atoms with Crippen LogP contribution in [0.5, 0.6) is 0 Å². The van der Waals surface area contributed by atoms with Gasteiger partial charge in [0.15, 0.2) is 0 Å². The first kappa shape index (κ1) is 7.09. The van der Waals surface area contributed by atoms with Gasteiger partial charge in [-0.3, -0.25) is 5.10 Å². The summed E-state index contributed by atoms with van der Waals surface area (Å²) in [5.74, 6) is -0.877. The van der Waals surface area contributed by atoms with Crippen LogP contribution in [0, 0.1) is 0 Å². The Morgan fingerprint density at radius 3 is 3.25 bits per heavy atom. The maximum Gasteiger partial charge on any atom is 0.336 e. The van der Waals surface area contributed by atoms with E-state index in [0.29, 0.717) is 5.57 Å². The molecule has 4 heteroatoms. The molecule has 0 fully saturated rings. The number of carboxylic acids is 1. The van der Waals surface area contributed by atoms with Gasteiger partial charge in [-0.1, -0.05) is 6.08 Å². The van der Waals surface area contributed by atoms with Crippen molar-refractivity contribution in [3.8, 4) is 0 Å². The summed E-state index contributed by atoms with van der Waals surface area (Å²) in [6.45, 7) is 0. The third-order valence-electron chi connectivity index (χ3n) is 1.98. The summed E-state index contributed by atoms with van der Waals surface area (Å²) in [6.07, 6.45) is 4.93. The topological polar surface area (TPSA) is 66.0 Å². The van der Waals surface area contributed by atoms with Gasteiger partial charge < -0.3 is 5.11 Å². The van der Waals surface area contributed by atoms with Gasteiger partial charge in [0.25, 0.3) is 0 Å². The van der Waals surface area contributed by atoms with Crippen LogP contribution in [0.1, 0.15) is 17.7 Å². The van der Waals surface area contributed by atoms with E-state index < -0.39 is 5.97 Å². The van der Waals surface area contributed by atoms with Crippen LogP contribution < -0.4 is 0 Å². The molecule has 1 heterocycles. The minimum atomic E-state index is -0.877. The number of fused-ring (bicyclic) bond motifs is 1. The number of H-pyrrole nitrogens is 1. The second-order valence-corrected chi connectivity index (χ2v) is 2.72. The fraction of sp³-hybridized carbons (Fsp3) is 0.250. The SMILES string of the molecule is O=C(O)C1=CCCc2[nH]ncc21. The second-order valence-electron chi connectivity index (χ2n) is 2.72. The molecule has 62 valence electrons. The lowest BCUT2D eigenvalue weighted by atomic mass is 9.97. The van der Waals surface area contributed by atoms with Crippen molar-refractivity contribution in [3.63, 3.8) is 0 Å². The zero-order chi connectivity index (χ0) is 8.55. The monoisotopic (exact) mass is 164 g/mol. The number of carboxylic acid groups (broad SMARTS) is 1. The van der Waals surface area contributed by atoms with E-state index in [0.717, 1.165) is 24.1 Å². The number of nitrogens with one attached hydrogen (secondary N) is 1. The van der Waals surface area contributed by atoms with Crippen LogP contribution in [0.4, 0.5) is 0 Å². The van der Waals surface area contributed by atoms with Crippen molar-refractivity contribution in [2.24, 2.45) is 0 Å². The van der Waals surface area contributed by atoms with Crippen LogP contribution >= 0.6 is 0 Å². The Morgan fingerprint density at radius 2 is 2.50 bits per heavy atom. The van der Waals surface area contributed by atoms with E-state index in [1.807, 2.05) is 0 Å². The lowest BCUT2D eigenvalue weighted by Gasteiger charge is -2.08. The molecule has 0 bridgehead atoms. The minimum absolute atomic E-state index is 0.366. The Balaban J connectivity index is 2.50. The third-order valence-corrected chi connectivity index (χ3v) is 1.98. The van der Waals surface area contributed by atoms with Crippen molar-refractivity contribution in [3.05, 3.63) is 23.5 Å². The number of nitrogens with zero attached hydrogens (tertiary/aromatic N) is 1. The molecule has 1 aliphatic carbocycles. The molecule has 12 heavy (non-hydrogen) atoms. The van der Waals surface area contributed by atoms with E-state index in [2.05, 4.69) is 10.2 Å². The molecule has 0 aliphatic heterocycles. The number of aliphatic carboxylic acids is 1. The van der Waals surface area contributed by atoms with Gasteiger partial charge in [-0.15, -0.1) is 0 Å². The fourth-order valence-corrected chi connectivity index (χ4v) is 1.41. The van der Waals surface area contributed by atoms with E-state index in [1.54, 1.807) is 12.3 Å². The maximum atomic E-state index is 10.7. The van der Waals surface area contributed by atoms with Crippen molar-refractivity contribution < 1.29 is 9.90 Å². The average Bonchev–Trinajstić information content (AvgIpc) is 2.49. The molecule has 2 N–H and O–H groups in total. The van der Waals surface area contributed by atoms with Crippen LogP contribution in [-0.2, 0) is 11.2 Å². The van der Waals surface area contributed by atoms with Crippen LogP contribution in [0.2, 0.25) is 0 Å². The molecule has 2 rings (SSSR count). The largest absolute Gasteiger partial charge is 0.478 e. The Bertz CT molecular complexity index is 352. The summed E-state index contributed by atoms with van der Waals surface area (Å²) in [5.41, 5.74) is 2.02. The highest BCUT2D eigenvalue weighted by atomic mass is 16.4. The molecule has 0 saturated carbocycles. The molecular weight excluding hydrogens is 156 g/mol. The van der Waals surface area contributed by atoms with Gasteiger partial charge in [-0.25, -0.2) is 4.79 Å². The molecule has 0 amide bonds. The van der Waals surface area contributed by atoms with Crippen molar-refractivity contribution >= 4 is 11.5 Å². The van der Waals surface area contributed by atoms with E-state index >= 15 is 0 Å². The molecule has 1 aromatic rings. The maximum absolute atomic E-state index is 10.7. The number of carbonyl (C=O) groups is 1. The van der Waals surface area contributed by atoms with E-state index in [-0.39, 0.29) is 0 Å². The molecule has 4 nitrogen and oxygen atoms in total. The lowest BCUT2D eigenvalue weighted by molar-refractivity contribution is -0.130. The van der Waals surface area contributed by atoms with Gasteiger partial charge in [0.2, 0.25) is 0 Å².